The van der Waals surface area contributed by atoms with Gasteiger partial charge in [0, 0.05) is 29.6 Å². The first-order chi connectivity index (χ1) is 15.1. The molecule has 1 atom stereocenters. The molecular formula is C26H26N2O3. The number of amides is 1. The molecule has 4 aromatic rings. The number of ether oxygens (including phenoxy) is 2. The van der Waals surface area contributed by atoms with E-state index in [4.69, 9.17) is 9.47 Å². The van der Waals surface area contributed by atoms with Gasteiger partial charge in [0.05, 0.1) is 7.11 Å². The number of methoxy groups -OCH3 is 1. The number of rotatable bonds is 8. The fraction of sp³-hybridized carbons (Fsp3) is 0.192. The molecule has 0 saturated carbocycles. The number of carbonyl (C=O) groups is 1. The summed E-state index contributed by atoms with van der Waals surface area (Å²) < 4.78 is 10.9. The van der Waals surface area contributed by atoms with Crippen LogP contribution in [-0.4, -0.2) is 31.2 Å². The van der Waals surface area contributed by atoms with Crippen molar-refractivity contribution >= 4 is 16.8 Å². The maximum Gasteiger partial charge on any atom is 0.257 e. The lowest BCUT2D eigenvalue weighted by Crippen LogP contribution is -2.32. The van der Waals surface area contributed by atoms with E-state index in [-0.39, 0.29) is 18.4 Å². The molecule has 1 unspecified atom stereocenters. The Hall–Kier alpha value is -3.73. The van der Waals surface area contributed by atoms with Gasteiger partial charge >= 0.3 is 0 Å². The number of carbonyl (C=O) groups excluding carboxylic acids is 1. The van der Waals surface area contributed by atoms with Crippen LogP contribution in [0.5, 0.6) is 11.5 Å². The van der Waals surface area contributed by atoms with Crippen molar-refractivity contribution in [2.75, 3.05) is 20.3 Å². The molecule has 0 fully saturated rings. The number of H-pyrrole nitrogens is 1. The van der Waals surface area contributed by atoms with Crippen LogP contribution in [0, 0.1) is 6.92 Å². The lowest BCUT2D eigenvalue weighted by atomic mass is 9.91. The third kappa shape index (κ3) is 4.89. The van der Waals surface area contributed by atoms with E-state index in [9.17, 15) is 4.79 Å². The Bertz CT molecular complexity index is 1150. The maximum atomic E-state index is 12.5. The average Bonchev–Trinajstić information content (AvgIpc) is 3.23. The van der Waals surface area contributed by atoms with Crippen LogP contribution in [0.1, 0.15) is 22.6 Å². The fourth-order valence-electron chi connectivity index (χ4n) is 3.68. The predicted octanol–water partition coefficient (Wildman–Crippen LogP) is 4.81. The lowest BCUT2D eigenvalue weighted by Gasteiger charge is -2.19. The second-order valence-corrected chi connectivity index (χ2v) is 7.52. The normalized spacial score (nSPS) is 11.8. The standard InChI is InChI=1S/C26H26N2O3/c1-18-7-11-21(12-8-18)31-17-26(29)28-15-23(19-9-13-20(30-2)14-10-19)24-16-27-25-6-4-3-5-22(24)25/h3-14,16,23,27H,15,17H2,1-2H3,(H,28,29). The van der Waals surface area contributed by atoms with Crippen LogP contribution in [-0.2, 0) is 4.79 Å². The molecule has 5 nitrogen and oxygen atoms in total. The Kier molecular flexibility index (Phi) is 6.22. The van der Waals surface area contributed by atoms with Crippen molar-refractivity contribution in [1.29, 1.82) is 0 Å². The van der Waals surface area contributed by atoms with E-state index >= 15 is 0 Å². The van der Waals surface area contributed by atoms with Gasteiger partial charge in [-0.05, 0) is 48.4 Å². The smallest absolute Gasteiger partial charge is 0.257 e. The molecule has 4 rings (SSSR count). The van der Waals surface area contributed by atoms with E-state index in [1.165, 1.54) is 0 Å². The molecule has 0 aliphatic heterocycles. The molecular weight excluding hydrogens is 388 g/mol. The molecule has 1 heterocycles. The molecule has 3 aromatic carbocycles. The van der Waals surface area contributed by atoms with Crippen molar-refractivity contribution in [3.05, 3.63) is 95.7 Å². The zero-order valence-corrected chi connectivity index (χ0v) is 17.7. The highest BCUT2D eigenvalue weighted by Gasteiger charge is 2.19. The van der Waals surface area contributed by atoms with Gasteiger partial charge in [0.2, 0.25) is 0 Å². The first kappa shape index (κ1) is 20.5. The molecule has 31 heavy (non-hydrogen) atoms. The summed E-state index contributed by atoms with van der Waals surface area (Å²) in [7, 11) is 1.65. The van der Waals surface area contributed by atoms with Crippen molar-refractivity contribution < 1.29 is 14.3 Å². The first-order valence-electron chi connectivity index (χ1n) is 10.3. The van der Waals surface area contributed by atoms with Gasteiger partial charge < -0.3 is 19.8 Å². The largest absolute Gasteiger partial charge is 0.497 e. The van der Waals surface area contributed by atoms with E-state index < -0.39 is 0 Å². The number of nitrogens with one attached hydrogen (secondary N) is 2. The summed E-state index contributed by atoms with van der Waals surface area (Å²) in [5, 5.41) is 4.18. The van der Waals surface area contributed by atoms with E-state index in [1.807, 2.05) is 73.8 Å². The number of aryl methyl sites for hydroxylation is 1. The Morgan fingerprint density at radius 2 is 1.68 bits per heavy atom. The Labute approximate surface area is 182 Å². The molecule has 0 spiro atoms. The molecule has 5 heteroatoms. The highest BCUT2D eigenvalue weighted by molar-refractivity contribution is 5.84. The number of fused-ring (bicyclic) bond motifs is 1. The number of para-hydroxylation sites is 1. The number of hydrogen-bond donors (Lipinski definition) is 2. The minimum atomic E-state index is -0.154. The third-order valence-electron chi connectivity index (χ3n) is 5.41. The quantitative estimate of drug-likeness (QED) is 0.435. The topological polar surface area (TPSA) is 63.4 Å². The minimum absolute atomic E-state index is 0.00891. The first-order valence-corrected chi connectivity index (χ1v) is 10.3. The summed E-state index contributed by atoms with van der Waals surface area (Å²) in [6.07, 6.45) is 2.02. The second kappa shape index (κ2) is 9.39. The monoisotopic (exact) mass is 414 g/mol. The molecule has 0 saturated heterocycles. The second-order valence-electron chi connectivity index (χ2n) is 7.52. The van der Waals surface area contributed by atoms with Gasteiger partial charge in [0.1, 0.15) is 11.5 Å². The fourth-order valence-corrected chi connectivity index (χ4v) is 3.68. The van der Waals surface area contributed by atoms with Crippen molar-refractivity contribution in [1.82, 2.24) is 10.3 Å². The minimum Gasteiger partial charge on any atom is -0.497 e. The van der Waals surface area contributed by atoms with E-state index in [0.29, 0.717) is 12.3 Å². The summed E-state index contributed by atoms with van der Waals surface area (Å²) in [4.78, 5) is 15.8. The summed E-state index contributed by atoms with van der Waals surface area (Å²) >= 11 is 0. The van der Waals surface area contributed by atoms with Crippen LogP contribution in [0.15, 0.2) is 79.0 Å². The molecule has 0 aliphatic carbocycles. The van der Waals surface area contributed by atoms with Crippen molar-refractivity contribution in [3.63, 3.8) is 0 Å². The molecule has 158 valence electrons. The van der Waals surface area contributed by atoms with Gasteiger partial charge in [-0.25, -0.2) is 0 Å². The number of aromatic amines is 1. The molecule has 1 amide bonds. The van der Waals surface area contributed by atoms with E-state index in [2.05, 4.69) is 22.4 Å². The summed E-state index contributed by atoms with van der Waals surface area (Å²) in [5.41, 5.74) is 4.47. The van der Waals surface area contributed by atoms with Crippen LogP contribution >= 0.6 is 0 Å². The summed E-state index contributed by atoms with van der Waals surface area (Å²) in [5.74, 6) is 1.32. The molecule has 2 N–H and O–H groups in total. The summed E-state index contributed by atoms with van der Waals surface area (Å²) in [6, 6.07) is 23.8. The van der Waals surface area contributed by atoms with Gasteiger partial charge in [-0.1, -0.05) is 48.0 Å². The summed E-state index contributed by atoms with van der Waals surface area (Å²) in [6.45, 7) is 2.46. The van der Waals surface area contributed by atoms with Crippen LogP contribution in [0.3, 0.4) is 0 Å². The zero-order valence-electron chi connectivity index (χ0n) is 17.7. The van der Waals surface area contributed by atoms with Crippen LogP contribution in [0.2, 0.25) is 0 Å². The molecule has 0 bridgehead atoms. The predicted molar refractivity (Wildman–Crippen MR) is 123 cm³/mol. The van der Waals surface area contributed by atoms with E-state index in [1.54, 1.807) is 7.11 Å². The van der Waals surface area contributed by atoms with Crippen LogP contribution in [0.4, 0.5) is 0 Å². The number of aromatic nitrogens is 1. The molecule has 0 aliphatic rings. The van der Waals surface area contributed by atoms with Gasteiger partial charge in [-0.15, -0.1) is 0 Å². The Morgan fingerprint density at radius 3 is 2.42 bits per heavy atom. The highest BCUT2D eigenvalue weighted by Crippen LogP contribution is 2.31. The number of hydrogen-bond acceptors (Lipinski definition) is 3. The maximum absolute atomic E-state index is 12.5. The van der Waals surface area contributed by atoms with Crippen molar-refractivity contribution in [2.45, 2.75) is 12.8 Å². The average molecular weight is 415 g/mol. The van der Waals surface area contributed by atoms with Gasteiger partial charge in [0.25, 0.3) is 5.91 Å². The van der Waals surface area contributed by atoms with Crippen LogP contribution < -0.4 is 14.8 Å². The zero-order chi connectivity index (χ0) is 21.6. The van der Waals surface area contributed by atoms with Gasteiger partial charge in [-0.2, -0.15) is 0 Å². The molecule has 1 aromatic heterocycles. The SMILES string of the molecule is COc1ccc(C(CNC(=O)COc2ccc(C)cc2)c2c[nH]c3ccccc23)cc1. The Balaban J connectivity index is 1.50. The lowest BCUT2D eigenvalue weighted by molar-refractivity contribution is -0.123. The van der Waals surface area contributed by atoms with Crippen molar-refractivity contribution in [3.8, 4) is 11.5 Å². The molecule has 0 radical (unpaired) electrons. The van der Waals surface area contributed by atoms with Crippen molar-refractivity contribution in [2.24, 2.45) is 0 Å². The highest BCUT2D eigenvalue weighted by atomic mass is 16.5. The third-order valence-corrected chi connectivity index (χ3v) is 5.41. The number of benzene rings is 3. The Morgan fingerprint density at radius 1 is 0.968 bits per heavy atom. The van der Waals surface area contributed by atoms with Gasteiger partial charge in [-0.3, -0.25) is 4.79 Å². The van der Waals surface area contributed by atoms with Gasteiger partial charge in [0.15, 0.2) is 6.61 Å². The van der Waals surface area contributed by atoms with E-state index in [0.717, 1.165) is 33.3 Å². The van der Waals surface area contributed by atoms with Crippen LogP contribution in [0.25, 0.3) is 10.9 Å².